The van der Waals surface area contributed by atoms with E-state index in [2.05, 4.69) is 33.8 Å². The van der Waals surface area contributed by atoms with E-state index in [0.717, 1.165) is 38.2 Å². The number of hydrogen-bond donors (Lipinski definition) is 1. The molecule has 3 rings (SSSR count). The van der Waals surface area contributed by atoms with E-state index in [1.54, 1.807) is 0 Å². The third-order valence-corrected chi connectivity index (χ3v) is 4.91. The lowest BCUT2D eigenvalue weighted by Crippen LogP contribution is -2.53. The molecule has 1 aromatic heterocycles. The fourth-order valence-electron chi connectivity index (χ4n) is 3.38. The first-order valence-electron chi connectivity index (χ1n) is 8.80. The van der Waals surface area contributed by atoms with Gasteiger partial charge in [-0.15, -0.1) is 0 Å². The first-order chi connectivity index (χ1) is 11.7. The number of β-amino-alcohol motifs (C(OH)–C–C–N with tert-alkyl or cyclic N) is 1. The molecule has 0 aliphatic carbocycles. The van der Waals surface area contributed by atoms with Crippen molar-refractivity contribution in [3.05, 3.63) is 66.0 Å². The van der Waals surface area contributed by atoms with Crippen LogP contribution in [0.2, 0.25) is 0 Å². The molecule has 1 N–H and O–H groups in total. The second kappa shape index (κ2) is 8.38. The Morgan fingerprint density at radius 2 is 1.88 bits per heavy atom. The molecular formula is C20H27N3O. The Kier molecular flexibility index (Phi) is 5.96. The molecule has 0 bridgehead atoms. The Bertz CT molecular complexity index is 605. The molecule has 128 valence electrons. The normalized spacial score (nSPS) is 20.8. The highest BCUT2D eigenvalue weighted by Crippen LogP contribution is 2.18. The van der Waals surface area contributed by atoms with E-state index >= 15 is 0 Å². The van der Waals surface area contributed by atoms with Gasteiger partial charge in [-0.2, -0.15) is 0 Å². The second-order valence-corrected chi connectivity index (χ2v) is 6.68. The van der Waals surface area contributed by atoms with Gasteiger partial charge in [-0.05, 0) is 36.6 Å². The van der Waals surface area contributed by atoms with E-state index in [1.165, 1.54) is 5.56 Å². The molecule has 0 spiro atoms. The van der Waals surface area contributed by atoms with E-state index in [-0.39, 0.29) is 0 Å². The molecule has 4 heteroatoms. The van der Waals surface area contributed by atoms with Crippen molar-refractivity contribution >= 4 is 0 Å². The number of hydrogen-bond acceptors (Lipinski definition) is 4. The summed E-state index contributed by atoms with van der Waals surface area (Å²) >= 11 is 0. The van der Waals surface area contributed by atoms with Crippen LogP contribution >= 0.6 is 0 Å². The van der Waals surface area contributed by atoms with Crippen molar-refractivity contribution < 1.29 is 5.11 Å². The number of benzene rings is 1. The van der Waals surface area contributed by atoms with E-state index < -0.39 is 6.10 Å². The van der Waals surface area contributed by atoms with Crippen LogP contribution < -0.4 is 0 Å². The SMILES string of the molecule is C[C@H]1CN(CCc2ccncc2)CCN1C[C@@H](O)c1ccccc1. The largest absolute Gasteiger partial charge is 0.387 e. The number of aliphatic hydroxyl groups excluding tert-OH is 1. The molecule has 0 unspecified atom stereocenters. The van der Waals surface area contributed by atoms with Gasteiger partial charge in [0.2, 0.25) is 0 Å². The number of piperazine rings is 1. The average Bonchev–Trinajstić information content (AvgIpc) is 2.63. The zero-order valence-electron chi connectivity index (χ0n) is 14.4. The van der Waals surface area contributed by atoms with Crippen LogP contribution in [0.15, 0.2) is 54.9 Å². The molecule has 1 aliphatic rings. The molecule has 1 aromatic carbocycles. The molecule has 2 atom stereocenters. The third kappa shape index (κ3) is 4.63. The summed E-state index contributed by atoms with van der Waals surface area (Å²) in [5.74, 6) is 0. The van der Waals surface area contributed by atoms with Crippen LogP contribution in [0.5, 0.6) is 0 Å². The Labute approximate surface area is 144 Å². The van der Waals surface area contributed by atoms with Crippen LogP contribution in [0.25, 0.3) is 0 Å². The molecule has 1 saturated heterocycles. The van der Waals surface area contributed by atoms with Crippen LogP contribution in [-0.4, -0.2) is 58.7 Å². The van der Waals surface area contributed by atoms with E-state index in [1.807, 2.05) is 42.7 Å². The van der Waals surface area contributed by atoms with E-state index in [0.29, 0.717) is 12.6 Å². The van der Waals surface area contributed by atoms with Crippen molar-refractivity contribution in [3.63, 3.8) is 0 Å². The Morgan fingerprint density at radius 1 is 1.12 bits per heavy atom. The van der Waals surface area contributed by atoms with Crippen molar-refractivity contribution in [3.8, 4) is 0 Å². The van der Waals surface area contributed by atoms with Gasteiger partial charge in [0.05, 0.1) is 6.10 Å². The lowest BCUT2D eigenvalue weighted by atomic mass is 10.1. The maximum absolute atomic E-state index is 10.4. The second-order valence-electron chi connectivity index (χ2n) is 6.68. The minimum Gasteiger partial charge on any atom is -0.387 e. The molecule has 0 saturated carbocycles. The zero-order valence-corrected chi connectivity index (χ0v) is 14.4. The summed E-state index contributed by atoms with van der Waals surface area (Å²) in [7, 11) is 0. The quantitative estimate of drug-likeness (QED) is 0.885. The summed E-state index contributed by atoms with van der Waals surface area (Å²) in [4.78, 5) is 9.00. The molecule has 2 heterocycles. The third-order valence-electron chi connectivity index (χ3n) is 4.91. The number of rotatable bonds is 6. The molecule has 0 radical (unpaired) electrons. The summed E-state index contributed by atoms with van der Waals surface area (Å²) in [6.45, 7) is 7.20. The van der Waals surface area contributed by atoms with Crippen molar-refractivity contribution in [2.24, 2.45) is 0 Å². The minimum atomic E-state index is -0.406. The highest BCUT2D eigenvalue weighted by Gasteiger charge is 2.25. The highest BCUT2D eigenvalue weighted by atomic mass is 16.3. The molecular weight excluding hydrogens is 298 g/mol. The van der Waals surface area contributed by atoms with Crippen LogP contribution in [0.3, 0.4) is 0 Å². The van der Waals surface area contributed by atoms with Gasteiger partial charge >= 0.3 is 0 Å². The fourth-order valence-corrected chi connectivity index (χ4v) is 3.38. The summed E-state index contributed by atoms with van der Waals surface area (Å²) in [5.41, 5.74) is 2.35. The van der Waals surface area contributed by atoms with E-state index in [4.69, 9.17) is 0 Å². The van der Waals surface area contributed by atoms with Gasteiger partial charge in [0.15, 0.2) is 0 Å². The summed E-state index contributed by atoms with van der Waals surface area (Å²) in [5, 5.41) is 10.4. The van der Waals surface area contributed by atoms with Gasteiger partial charge in [0.1, 0.15) is 0 Å². The highest BCUT2D eigenvalue weighted by molar-refractivity contribution is 5.17. The first kappa shape index (κ1) is 17.1. The monoisotopic (exact) mass is 325 g/mol. The lowest BCUT2D eigenvalue weighted by molar-refractivity contribution is 0.0393. The van der Waals surface area contributed by atoms with Gasteiger partial charge in [0.25, 0.3) is 0 Å². The molecule has 4 nitrogen and oxygen atoms in total. The molecule has 2 aromatic rings. The molecule has 1 aliphatic heterocycles. The Morgan fingerprint density at radius 3 is 2.58 bits per heavy atom. The molecule has 0 amide bonds. The average molecular weight is 325 g/mol. The van der Waals surface area contributed by atoms with Gasteiger partial charge in [-0.3, -0.25) is 9.88 Å². The predicted octanol–water partition coefficient (Wildman–Crippen LogP) is 2.36. The minimum absolute atomic E-state index is 0.406. The van der Waals surface area contributed by atoms with Gasteiger partial charge in [-0.1, -0.05) is 30.3 Å². The Hall–Kier alpha value is -1.75. The number of aromatic nitrogens is 1. The van der Waals surface area contributed by atoms with Crippen molar-refractivity contribution in [1.29, 1.82) is 0 Å². The van der Waals surface area contributed by atoms with E-state index in [9.17, 15) is 5.11 Å². The van der Waals surface area contributed by atoms with Crippen molar-refractivity contribution in [2.45, 2.75) is 25.5 Å². The van der Waals surface area contributed by atoms with Crippen LogP contribution in [0.4, 0.5) is 0 Å². The fraction of sp³-hybridized carbons (Fsp3) is 0.450. The summed E-state index contributed by atoms with van der Waals surface area (Å²) < 4.78 is 0. The topological polar surface area (TPSA) is 39.6 Å². The maximum Gasteiger partial charge on any atom is 0.0917 e. The van der Waals surface area contributed by atoms with Crippen molar-refractivity contribution in [1.82, 2.24) is 14.8 Å². The Balaban J connectivity index is 1.46. The molecule has 1 fully saturated rings. The predicted molar refractivity (Wildman–Crippen MR) is 96.8 cm³/mol. The standard InChI is InChI=1S/C20H27N3O/c1-17-15-22(12-9-18-7-10-21-11-8-18)13-14-23(17)16-20(24)19-5-3-2-4-6-19/h2-8,10-11,17,20,24H,9,12-16H2,1H3/t17-,20+/m0/s1. The van der Waals surface area contributed by atoms with Gasteiger partial charge in [0, 0.05) is 51.2 Å². The maximum atomic E-state index is 10.4. The van der Waals surface area contributed by atoms with Gasteiger partial charge < -0.3 is 10.0 Å². The smallest absolute Gasteiger partial charge is 0.0917 e. The number of nitrogens with zero attached hydrogens (tertiary/aromatic N) is 3. The van der Waals surface area contributed by atoms with Crippen LogP contribution in [-0.2, 0) is 6.42 Å². The van der Waals surface area contributed by atoms with Crippen molar-refractivity contribution in [2.75, 3.05) is 32.7 Å². The number of pyridine rings is 1. The summed E-state index contributed by atoms with van der Waals surface area (Å²) in [6.07, 6.45) is 4.39. The number of aliphatic hydroxyl groups is 1. The molecule has 24 heavy (non-hydrogen) atoms. The lowest BCUT2D eigenvalue weighted by Gasteiger charge is -2.40. The zero-order chi connectivity index (χ0) is 16.8. The summed E-state index contributed by atoms with van der Waals surface area (Å²) in [6, 6.07) is 14.6. The van der Waals surface area contributed by atoms with Crippen LogP contribution in [0, 0.1) is 0 Å². The van der Waals surface area contributed by atoms with Crippen LogP contribution in [0.1, 0.15) is 24.2 Å². The van der Waals surface area contributed by atoms with Gasteiger partial charge in [-0.25, -0.2) is 0 Å². The first-order valence-corrected chi connectivity index (χ1v) is 8.80.